The Morgan fingerprint density at radius 2 is 1.75 bits per heavy atom. The number of aromatic nitrogens is 1. The Kier molecular flexibility index (Phi) is 16.2. The Bertz CT molecular complexity index is 718. The van der Waals surface area contributed by atoms with Crippen molar-refractivity contribution < 1.29 is 14.6 Å². The van der Waals surface area contributed by atoms with Crippen LogP contribution in [-0.4, -0.2) is 80.5 Å². The van der Waals surface area contributed by atoms with Crippen LogP contribution in [0.3, 0.4) is 0 Å². The predicted octanol–water partition coefficient (Wildman–Crippen LogP) is 4.53. The minimum atomic E-state index is -0.725. The zero-order valence-electron chi connectivity index (χ0n) is 22.7. The molecule has 0 spiro atoms. The highest BCUT2D eigenvalue weighted by Gasteiger charge is 2.17. The van der Waals surface area contributed by atoms with Gasteiger partial charge in [0.15, 0.2) is 0 Å². The second kappa shape index (κ2) is 19.2. The molecule has 2 rings (SSSR count). The summed E-state index contributed by atoms with van der Waals surface area (Å²) in [5.41, 5.74) is 7.95. The predicted molar refractivity (Wildman–Crippen MR) is 149 cm³/mol. The second-order valence-corrected chi connectivity index (χ2v) is 9.99. The fourth-order valence-electron chi connectivity index (χ4n) is 4.84. The Morgan fingerprint density at radius 1 is 1.03 bits per heavy atom. The van der Waals surface area contributed by atoms with Crippen molar-refractivity contribution in [3.63, 3.8) is 0 Å². The molecule has 0 amide bonds. The van der Waals surface area contributed by atoms with Gasteiger partial charge in [-0.3, -0.25) is 4.79 Å². The van der Waals surface area contributed by atoms with E-state index in [4.69, 9.17) is 20.6 Å². The Morgan fingerprint density at radius 3 is 2.47 bits per heavy atom. The van der Waals surface area contributed by atoms with Crippen LogP contribution < -0.4 is 16.0 Å². The SMILES string of the molecule is COCCN(CCCCc1ccc2c(n1)NCCN2CCCCCCCCCCN)CCCC(=O)O. The molecular formula is C28H51N5O3. The molecule has 1 aliphatic rings. The Balaban J connectivity index is 1.68. The number of aryl methyl sites for hydroxylation is 1. The lowest BCUT2D eigenvalue weighted by Gasteiger charge is -2.31. The highest BCUT2D eigenvalue weighted by molar-refractivity contribution is 5.68. The van der Waals surface area contributed by atoms with Crippen molar-refractivity contribution in [1.82, 2.24) is 9.88 Å². The monoisotopic (exact) mass is 505 g/mol. The molecular weight excluding hydrogens is 454 g/mol. The summed E-state index contributed by atoms with van der Waals surface area (Å²) in [7, 11) is 1.71. The lowest BCUT2D eigenvalue weighted by Crippen LogP contribution is -2.35. The largest absolute Gasteiger partial charge is 0.481 e. The molecule has 4 N–H and O–H groups in total. The molecule has 0 atom stereocenters. The van der Waals surface area contributed by atoms with Gasteiger partial charge in [-0.1, -0.05) is 38.5 Å². The smallest absolute Gasteiger partial charge is 0.303 e. The van der Waals surface area contributed by atoms with Gasteiger partial charge >= 0.3 is 5.97 Å². The summed E-state index contributed by atoms with van der Waals surface area (Å²) in [6.45, 7) is 7.24. The highest BCUT2D eigenvalue weighted by Crippen LogP contribution is 2.28. The third-order valence-corrected chi connectivity index (χ3v) is 6.96. The molecule has 8 nitrogen and oxygen atoms in total. The molecule has 0 saturated heterocycles. The fourth-order valence-corrected chi connectivity index (χ4v) is 4.84. The first-order valence-corrected chi connectivity index (χ1v) is 14.3. The lowest BCUT2D eigenvalue weighted by molar-refractivity contribution is -0.137. The van der Waals surface area contributed by atoms with Crippen molar-refractivity contribution in [1.29, 1.82) is 0 Å². The topological polar surface area (TPSA) is 104 Å². The van der Waals surface area contributed by atoms with Gasteiger partial charge in [0.25, 0.3) is 0 Å². The van der Waals surface area contributed by atoms with Gasteiger partial charge in [-0.05, 0) is 70.3 Å². The first kappa shape index (κ1) is 30.3. The summed E-state index contributed by atoms with van der Waals surface area (Å²) in [6.07, 6.45) is 14.4. The molecule has 8 heteroatoms. The first-order chi connectivity index (χ1) is 17.6. The van der Waals surface area contributed by atoms with E-state index >= 15 is 0 Å². The zero-order valence-corrected chi connectivity index (χ0v) is 22.7. The van der Waals surface area contributed by atoms with Gasteiger partial charge in [0.2, 0.25) is 0 Å². The second-order valence-electron chi connectivity index (χ2n) is 9.99. The summed E-state index contributed by atoms with van der Waals surface area (Å²) in [6, 6.07) is 4.44. The maximum atomic E-state index is 10.8. The van der Waals surface area contributed by atoms with Crippen LogP contribution in [-0.2, 0) is 16.0 Å². The number of ether oxygens (including phenoxy) is 1. The van der Waals surface area contributed by atoms with E-state index in [1.54, 1.807) is 7.11 Å². The summed E-state index contributed by atoms with van der Waals surface area (Å²) < 4.78 is 5.21. The van der Waals surface area contributed by atoms with E-state index in [1.165, 1.54) is 57.1 Å². The molecule has 0 radical (unpaired) electrons. The number of methoxy groups -OCH3 is 1. The van der Waals surface area contributed by atoms with E-state index in [9.17, 15) is 4.79 Å². The van der Waals surface area contributed by atoms with E-state index in [0.29, 0.717) is 13.0 Å². The maximum Gasteiger partial charge on any atom is 0.303 e. The Labute approximate surface area is 219 Å². The number of fused-ring (bicyclic) bond motifs is 1. The van der Waals surface area contributed by atoms with E-state index < -0.39 is 5.97 Å². The standard InChI is InChI=1S/C28H51N5O3/c1-36-24-23-32(20-12-14-27(34)35)19-11-8-13-25-15-16-26-28(31-25)30-18-22-33(26)21-10-7-5-3-2-4-6-9-17-29/h15-16H,2-14,17-24,29H2,1H3,(H,30,31)(H,34,35). The van der Waals surface area contributed by atoms with Gasteiger partial charge in [0.1, 0.15) is 5.82 Å². The normalized spacial score (nSPS) is 13.1. The minimum absolute atomic E-state index is 0.224. The third-order valence-electron chi connectivity index (χ3n) is 6.96. The number of nitrogens with zero attached hydrogens (tertiary/aromatic N) is 3. The van der Waals surface area contributed by atoms with Gasteiger partial charge in [0.05, 0.1) is 12.3 Å². The summed E-state index contributed by atoms with van der Waals surface area (Å²) in [5, 5.41) is 12.4. The number of aliphatic carboxylic acids is 1. The van der Waals surface area contributed by atoms with Gasteiger partial charge in [-0.2, -0.15) is 0 Å². The van der Waals surface area contributed by atoms with Crippen LogP contribution in [0.5, 0.6) is 0 Å². The molecule has 0 aliphatic carbocycles. The number of nitrogens with two attached hydrogens (primary N) is 1. The number of rotatable bonds is 22. The average Bonchev–Trinajstić information content (AvgIpc) is 2.88. The van der Waals surface area contributed by atoms with Gasteiger partial charge in [-0.15, -0.1) is 0 Å². The van der Waals surface area contributed by atoms with Crippen molar-refractivity contribution in [2.24, 2.45) is 5.73 Å². The van der Waals surface area contributed by atoms with Crippen molar-refractivity contribution in [3.05, 3.63) is 17.8 Å². The average molecular weight is 506 g/mol. The number of nitrogens with one attached hydrogen (secondary N) is 1. The van der Waals surface area contributed by atoms with Crippen LogP contribution in [0.2, 0.25) is 0 Å². The van der Waals surface area contributed by atoms with Gasteiger partial charge in [0, 0.05) is 45.4 Å². The van der Waals surface area contributed by atoms with Crippen LogP contribution in [0, 0.1) is 0 Å². The number of carboxylic acid groups (broad SMARTS) is 1. The van der Waals surface area contributed by atoms with E-state index in [2.05, 4.69) is 27.2 Å². The van der Waals surface area contributed by atoms with E-state index in [-0.39, 0.29) is 6.42 Å². The van der Waals surface area contributed by atoms with Gasteiger partial charge in [-0.25, -0.2) is 4.98 Å². The highest BCUT2D eigenvalue weighted by atomic mass is 16.5. The van der Waals surface area contributed by atoms with Gasteiger partial charge < -0.3 is 30.7 Å². The first-order valence-electron chi connectivity index (χ1n) is 14.3. The zero-order chi connectivity index (χ0) is 25.8. The van der Waals surface area contributed by atoms with Crippen molar-refractivity contribution in [2.45, 2.75) is 83.5 Å². The van der Waals surface area contributed by atoms with Crippen LogP contribution in [0.4, 0.5) is 11.5 Å². The lowest BCUT2D eigenvalue weighted by atomic mass is 10.1. The number of hydrogen-bond donors (Lipinski definition) is 3. The molecule has 1 aliphatic heterocycles. The molecule has 2 heterocycles. The van der Waals surface area contributed by atoms with E-state index in [0.717, 1.165) is 76.6 Å². The molecule has 0 unspecified atom stereocenters. The number of anilines is 2. The molecule has 0 fully saturated rings. The van der Waals surface area contributed by atoms with Crippen LogP contribution in [0.15, 0.2) is 12.1 Å². The van der Waals surface area contributed by atoms with E-state index in [1.807, 2.05) is 0 Å². The maximum absolute atomic E-state index is 10.8. The fraction of sp³-hybridized carbons (Fsp3) is 0.786. The molecule has 1 aromatic rings. The number of carbonyl (C=O) groups is 1. The summed E-state index contributed by atoms with van der Waals surface area (Å²) in [5.74, 6) is 0.311. The van der Waals surface area contributed by atoms with Crippen LogP contribution >= 0.6 is 0 Å². The molecule has 36 heavy (non-hydrogen) atoms. The number of hydrogen-bond acceptors (Lipinski definition) is 7. The molecule has 206 valence electrons. The van der Waals surface area contributed by atoms with Crippen LogP contribution in [0.25, 0.3) is 0 Å². The number of pyridine rings is 1. The van der Waals surface area contributed by atoms with Crippen molar-refractivity contribution in [2.75, 3.05) is 69.7 Å². The number of unbranched alkanes of at least 4 members (excludes halogenated alkanes) is 8. The minimum Gasteiger partial charge on any atom is -0.481 e. The van der Waals surface area contributed by atoms with Crippen molar-refractivity contribution >= 4 is 17.5 Å². The summed E-state index contributed by atoms with van der Waals surface area (Å²) >= 11 is 0. The number of carboxylic acids is 1. The quantitative estimate of drug-likeness (QED) is 0.198. The van der Waals surface area contributed by atoms with Crippen molar-refractivity contribution in [3.8, 4) is 0 Å². The molecule has 0 saturated carbocycles. The molecule has 1 aromatic heterocycles. The summed E-state index contributed by atoms with van der Waals surface area (Å²) in [4.78, 5) is 20.5. The van der Waals surface area contributed by atoms with Crippen LogP contribution in [0.1, 0.15) is 82.7 Å². The molecule has 0 aromatic carbocycles. The Hall–Kier alpha value is -1.90. The third kappa shape index (κ3) is 12.9. The molecule has 0 bridgehead atoms.